The SMILES string of the molecule is C#CC1(c2cccc(F)c2Br)CC1. The first kappa shape index (κ1) is 8.77. The van der Waals surface area contributed by atoms with Crippen molar-refractivity contribution in [1.29, 1.82) is 0 Å². The van der Waals surface area contributed by atoms with Crippen LogP contribution in [0.1, 0.15) is 18.4 Å². The van der Waals surface area contributed by atoms with E-state index in [0.29, 0.717) is 4.47 Å². The van der Waals surface area contributed by atoms with Crippen LogP contribution in [0.15, 0.2) is 22.7 Å². The molecule has 1 aliphatic carbocycles. The highest BCUT2D eigenvalue weighted by Crippen LogP contribution is 2.50. The van der Waals surface area contributed by atoms with Crippen molar-refractivity contribution in [2.45, 2.75) is 18.3 Å². The van der Waals surface area contributed by atoms with Crippen molar-refractivity contribution in [3.63, 3.8) is 0 Å². The smallest absolute Gasteiger partial charge is 0.137 e. The average molecular weight is 239 g/mol. The Balaban J connectivity index is 2.54. The molecule has 1 aromatic rings. The van der Waals surface area contributed by atoms with Crippen molar-refractivity contribution >= 4 is 15.9 Å². The van der Waals surface area contributed by atoms with E-state index < -0.39 is 0 Å². The molecule has 2 rings (SSSR count). The summed E-state index contributed by atoms with van der Waals surface area (Å²) in [7, 11) is 0. The van der Waals surface area contributed by atoms with E-state index in [2.05, 4.69) is 21.9 Å². The van der Waals surface area contributed by atoms with Gasteiger partial charge in [0.25, 0.3) is 0 Å². The van der Waals surface area contributed by atoms with E-state index >= 15 is 0 Å². The lowest BCUT2D eigenvalue weighted by Crippen LogP contribution is -2.04. The van der Waals surface area contributed by atoms with Gasteiger partial charge in [-0.25, -0.2) is 4.39 Å². The molecular weight excluding hydrogens is 231 g/mol. The van der Waals surface area contributed by atoms with Crippen LogP contribution in [0.4, 0.5) is 4.39 Å². The summed E-state index contributed by atoms with van der Waals surface area (Å²) in [5, 5.41) is 0. The summed E-state index contributed by atoms with van der Waals surface area (Å²) in [6.45, 7) is 0. The highest BCUT2D eigenvalue weighted by atomic mass is 79.9. The van der Waals surface area contributed by atoms with Crippen LogP contribution in [-0.4, -0.2) is 0 Å². The summed E-state index contributed by atoms with van der Waals surface area (Å²) >= 11 is 3.23. The van der Waals surface area contributed by atoms with Crippen molar-refractivity contribution in [1.82, 2.24) is 0 Å². The zero-order valence-corrected chi connectivity index (χ0v) is 8.57. The number of hydrogen-bond donors (Lipinski definition) is 0. The fourth-order valence-electron chi connectivity index (χ4n) is 1.49. The number of hydrogen-bond acceptors (Lipinski definition) is 0. The Morgan fingerprint density at radius 2 is 2.15 bits per heavy atom. The number of halogens is 2. The third-order valence-electron chi connectivity index (χ3n) is 2.49. The van der Waals surface area contributed by atoms with Crippen LogP contribution in [0.2, 0.25) is 0 Å². The minimum Gasteiger partial charge on any atom is -0.206 e. The standard InChI is InChI=1S/C11H8BrF/c1-2-11(6-7-11)8-4-3-5-9(13)10(8)12/h1,3-5H,6-7H2. The topological polar surface area (TPSA) is 0 Å². The maximum Gasteiger partial charge on any atom is 0.137 e. The quantitative estimate of drug-likeness (QED) is 0.660. The van der Waals surface area contributed by atoms with E-state index in [1.807, 2.05) is 6.07 Å². The Kier molecular flexibility index (Phi) is 1.92. The van der Waals surface area contributed by atoms with Gasteiger partial charge in [0.2, 0.25) is 0 Å². The van der Waals surface area contributed by atoms with Gasteiger partial charge in [-0.1, -0.05) is 18.1 Å². The van der Waals surface area contributed by atoms with Gasteiger partial charge in [-0.2, -0.15) is 0 Å². The van der Waals surface area contributed by atoms with Gasteiger partial charge >= 0.3 is 0 Å². The molecule has 0 saturated heterocycles. The fraction of sp³-hybridized carbons (Fsp3) is 0.273. The minimum atomic E-state index is -0.237. The van der Waals surface area contributed by atoms with E-state index in [0.717, 1.165) is 18.4 Å². The molecule has 2 heteroatoms. The van der Waals surface area contributed by atoms with Crippen LogP contribution >= 0.6 is 15.9 Å². The molecule has 13 heavy (non-hydrogen) atoms. The molecule has 1 saturated carbocycles. The zero-order chi connectivity index (χ0) is 9.47. The molecule has 0 heterocycles. The van der Waals surface area contributed by atoms with E-state index in [1.54, 1.807) is 6.07 Å². The molecule has 1 fully saturated rings. The van der Waals surface area contributed by atoms with E-state index in [-0.39, 0.29) is 11.2 Å². The van der Waals surface area contributed by atoms with Gasteiger partial charge in [0.1, 0.15) is 5.82 Å². The van der Waals surface area contributed by atoms with Gasteiger partial charge in [-0.05, 0) is 40.4 Å². The van der Waals surface area contributed by atoms with Gasteiger partial charge < -0.3 is 0 Å². The Hall–Kier alpha value is -0.810. The number of terminal acetylenes is 1. The van der Waals surface area contributed by atoms with Crippen molar-refractivity contribution in [2.24, 2.45) is 0 Å². The van der Waals surface area contributed by atoms with E-state index in [9.17, 15) is 4.39 Å². The first-order chi connectivity index (χ1) is 6.19. The summed E-state index contributed by atoms with van der Waals surface area (Å²) in [6, 6.07) is 5.02. The van der Waals surface area contributed by atoms with Crippen molar-refractivity contribution in [3.05, 3.63) is 34.1 Å². The zero-order valence-electron chi connectivity index (χ0n) is 6.98. The molecule has 0 radical (unpaired) electrons. The van der Waals surface area contributed by atoms with E-state index in [1.165, 1.54) is 6.07 Å². The van der Waals surface area contributed by atoms with Gasteiger partial charge in [0, 0.05) is 0 Å². The summed E-state index contributed by atoms with van der Waals surface area (Å²) in [5.41, 5.74) is 0.719. The van der Waals surface area contributed by atoms with Gasteiger partial charge in [-0.15, -0.1) is 6.42 Å². The van der Waals surface area contributed by atoms with Crippen LogP contribution in [0.25, 0.3) is 0 Å². The van der Waals surface area contributed by atoms with Crippen LogP contribution in [0, 0.1) is 18.2 Å². The first-order valence-electron chi connectivity index (χ1n) is 4.12. The molecule has 0 amide bonds. The summed E-state index contributed by atoms with van der Waals surface area (Å²) < 4.78 is 13.7. The number of benzene rings is 1. The molecule has 0 aliphatic heterocycles. The highest BCUT2D eigenvalue weighted by molar-refractivity contribution is 9.10. The summed E-state index contributed by atoms with van der Waals surface area (Å²) in [4.78, 5) is 0. The first-order valence-corrected chi connectivity index (χ1v) is 4.91. The highest BCUT2D eigenvalue weighted by Gasteiger charge is 2.44. The van der Waals surface area contributed by atoms with Crippen molar-refractivity contribution in [2.75, 3.05) is 0 Å². The predicted molar refractivity (Wildman–Crippen MR) is 53.8 cm³/mol. The molecular formula is C11H8BrF. The predicted octanol–water partition coefficient (Wildman–Crippen LogP) is 3.25. The van der Waals surface area contributed by atoms with Crippen molar-refractivity contribution < 1.29 is 4.39 Å². The maximum atomic E-state index is 13.2. The second kappa shape index (κ2) is 2.85. The lowest BCUT2D eigenvalue weighted by molar-refractivity contribution is 0.616. The molecule has 0 unspecified atom stereocenters. The minimum absolute atomic E-state index is 0.194. The van der Waals surface area contributed by atoms with Crippen molar-refractivity contribution in [3.8, 4) is 12.3 Å². The van der Waals surface area contributed by atoms with Gasteiger partial charge in [-0.3, -0.25) is 0 Å². The lowest BCUT2D eigenvalue weighted by Gasteiger charge is -2.10. The molecule has 0 atom stereocenters. The Labute approximate surface area is 85.3 Å². The lowest BCUT2D eigenvalue weighted by atomic mass is 9.97. The average Bonchev–Trinajstić information content (AvgIpc) is 2.90. The molecule has 0 spiro atoms. The molecule has 1 aromatic carbocycles. The second-order valence-corrected chi connectivity index (χ2v) is 4.12. The van der Waals surface area contributed by atoms with E-state index in [4.69, 9.17) is 6.42 Å². The second-order valence-electron chi connectivity index (χ2n) is 3.33. The Morgan fingerprint density at radius 1 is 1.46 bits per heavy atom. The third kappa shape index (κ3) is 1.28. The van der Waals surface area contributed by atoms with Crippen LogP contribution in [0.5, 0.6) is 0 Å². The normalized spacial score (nSPS) is 17.9. The van der Waals surface area contributed by atoms with Gasteiger partial charge in [0.15, 0.2) is 0 Å². The molecule has 66 valence electrons. The monoisotopic (exact) mass is 238 g/mol. The van der Waals surface area contributed by atoms with Crippen LogP contribution in [-0.2, 0) is 5.41 Å². The largest absolute Gasteiger partial charge is 0.206 e. The maximum absolute atomic E-state index is 13.2. The van der Waals surface area contributed by atoms with Crippen LogP contribution < -0.4 is 0 Å². The molecule has 0 aromatic heterocycles. The van der Waals surface area contributed by atoms with Gasteiger partial charge in [0.05, 0.1) is 9.89 Å². The third-order valence-corrected chi connectivity index (χ3v) is 3.30. The Bertz CT molecular complexity index is 386. The summed E-state index contributed by atoms with van der Waals surface area (Å²) in [5.74, 6) is 2.50. The Morgan fingerprint density at radius 3 is 2.69 bits per heavy atom. The molecule has 0 bridgehead atoms. The molecule has 0 nitrogen and oxygen atoms in total. The molecule has 1 aliphatic rings. The number of rotatable bonds is 1. The van der Waals surface area contributed by atoms with Crippen LogP contribution in [0.3, 0.4) is 0 Å². The molecule has 0 N–H and O–H groups in total. The summed E-state index contributed by atoms with van der Waals surface area (Å²) in [6.07, 6.45) is 7.35. The fourth-order valence-corrected chi connectivity index (χ4v) is 2.13.